The van der Waals surface area contributed by atoms with E-state index < -0.39 is 5.97 Å². The van der Waals surface area contributed by atoms with Crippen LogP contribution in [0.5, 0.6) is 0 Å². The molecule has 4 nitrogen and oxygen atoms in total. The molecule has 76 valence electrons. The van der Waals surface area contributed by atoms with Crippen molar-refractivity contribution in [3.63, 3.8) is 0 Å². The van der Waals surface area contributed by atoms with Gasteiger partial charge in [-0.15, -0.1) is 0 Å². The van der Waals surface area contributed by atoms with Gasteiger partial charge in [0.05, 0.1) is 6.42 Å². The number of aliphatic carboxylic acids is 1. The molecule has 0 aliphatic carbocycles. The lowest BCUT2D eigenvalue weighted by Gasteiger charge is -2.10. The number of carbonyl (C=O) groups is 1. The lowest BCUT2D eigenvalue weighted by Crippen LogP contribution is -2.05. The Balaban J connectivity index is 2.99. The van der Waals surface area contributed by atoms with E-state index in [9.17, 15) is 4.79 Å². The minimum absolute atomic E-state index is 0.0488. The summed E-state index contributed by atoms with van der Waals surface area (Å²) in [5.74, 6) is -1.21. The topological polar surface area (TPSA) is 63.1 Å². The fraction of sp³-hybridized carbons (Fsp3) is 0.375. The van der Waals surface area contributed by atoms with Gasteiger partial charge in [-0.25, -0.2) is 9.97 Å². The number of carboxylic acids is 1. The molecule has 0 unspecified atom stereocenters. The van der Waals surface area contributed by atoms with Crippen LogP contribution < -0.4 is 0 Å². The van der Waals surface area contributed by atoms with E-state index in [0.29, 0.717) is 5.56 Å². The van der Waals surface area contributed by atoms with Gasteiger partial charge in [0.15, 0.2) is 0 Å². The summed E-state index contributed by atoms with van der Waals surface area (Å²) in [4.78, 5) is 18.0. The Hall–Kier alpha value is -0.870. The van der Waals surface area contributed by atoms with Crippen molar-refractivity contribution in [2.24, 2.45) is 0 Å². The first-order chi connectivity index (χ1) is 6.52. The van der Waals surface area contributed by atoms with Crippen LogP contribution in [0.15, 0.2) is 6.33 Å². The Bertz CT molecular complexity index is 337. The lowest BCUT2D eigenvalue weighted by atomic mass is 10.0. The monoisotopic (exact) mass is 234 g/mol. The van der Waals surface area contributed by atoms with Crippen LogP contribution in [-0.4, -0.2) is 21.0 Å². The van der Waals surface area contributed by atoms with Gasteiger partial charge < -0.3 is 5.11 Å². The van der Waals surface area contributed by atoms with Gasteiger partial charge in [-0.05, 0) is 5.92 Å². The van der Waals surface area contributed by atoms with Crippen LogP contribution in [0, 0.1) is 0 Å². The predicted molar refractivity (Wildman–Crippen MR) is 52.7 cm³/mol. The molecule has 0 radical (unpaired) electrons. The molecule has 1 aromatic rings. The molecule has 0 saturated heterocycles. The molecule has 0 fully saturated rings. The maximum Gasteiger partial charge on any atom is 0.303 e. The molecular weight excluding hydrogens is 227 g/mol. The largest absolute Gasteiger partial charge is 0.481 e. The number of nitrogens with zero attached hydrogens (tertiary/aromatic N) is 2. The summed E-state index contributed by atoms with van der Waals surface area (Å²) in [6.45, 7) is 1.71. The van der Waals surface area contributed by atoms with Crippen LogP contribution in [0.1, 0.15) is 24.8 Å². The molecule has 1 atom stereocenters. The first-order valence-electron chi connectivity index (χ1n) is 3.90. The Morgan fingerprint density at radius 2 is 2.00 bits per heavy atom. The molecule has 1 heterocycles. The summed E-state index contributed by atoms with van der Waals surface area (Å²) in [5, 5.41) is 9.01. The first-order valence-corrected chi connectivity index (χ1v) is 4.65. The van der Waals surface area contributed by atoms with E-state index in [1.807, 2.05) is 0 Å². The quantitative estimate of drug-likeness (QED) is 0.816. The van der Waals surface area contributed by atoms with Crippen LogP contribution in [0.4, 0.5) is 0 Å². The molecule has 14 heavy (non-hydrogen) atoms. The van der Waals surface area contributed by atoms with Crippen molar-refractivity contribution in [3.05, 3.63) is 22.2 Å². The van der Waals surface area contributed by atoms with Gasteiger partial charge in [0.25, 0.3) is 0 Å². The Morgan fingerprint density at radius 1 is 1.50 bits per heavy atom. The molecule has 1 rings (SSSR count). The molecule has 0 amide bonds. The van der Waals surface area contributed by atoms with Gasteiger partial charge in [-0.1, -0.05) is 30.1 Å². The number of rotatable bonds is 3. The highest BCUT2D eigenvalue weighted by Crippen LogP contribution is 2.29. The Morgan fingerprint density at radius 3 is 2.43 bits per heavy atom. The SMILES string of the molecule is C[C@H](CC(=O)O)c1c(Cl)ncnc1Cl. The van der Waals surface area contributed by atoms with E-state index in [1.54, 1.807) is 6.92 Å². The molecule has 0 aromatic carbocycles. The minimum atomic E-state index is -0.909. The van der Waals surface area contributed by atoms with Crippen molar-refractivity contribution in [1.29, 1.82) is 0 Å². The highest BCUT2D eigenvalue weighted by atomic mass is 35.5. The maximum absolute atomic E-state index is 10.5. The van der Waals surface area contributed by atoms with E-state index >= 15 is 0 Å². The zero-order valence-corrected chi connectivity index (χ0v) is 8.88. The highest BCUT2D eigenvalue weighted by Gasteiger charge is 2.18. The Labute approximate surface area is 90.9 Å². The third kappa shape index (κ3) is 2.56. The molecule has 0 bridgehead atoms. The van der Waals surface area contributed by atoms with E-state index in [2.05, 4.69) is 9.97 Å². The minimum Gasteiger partial charge on any atom is -0.481 e. The van der Waals surface area contributed by atoms with Gasteiger partial charge in [0, 0.05) is 5.56 Å². The molecular formula is C8H8Cl2N2O2. The van der Waals surface area contributed by atoms with Gasteiger partial charge in [-0.3, -0.25) is 4.79 Å². The zero-order chi connectivity index (χ0) is 10.7. The third-order valence-electron chi connectivity index (χ3n) is 1.76. The van der Waals surface area contributed by atoms with Crippen LogP contribution in [-0.2, 0) is 4.79 Å². The normalized spacial score (nSPS) is 12.5. The molecule has 0 aliphatic rings. The van der Waals surface area contributed by atoms with Gasteiger partial charge in [0.1, 0.15) is 16.6 Å². The first kappa shape index (κ1) is 11.2. The second-order valence-corrected chi connectivity index (χ2v) is 3.58. The van der Waals surface area contributed by atoms with Crippen LogP contribution in [0.2, 0.25) is 10.3 Å². The standard InChI is InChI=1S/C8H8Cl2N2O2/c1-4(2-5(13)14)6-7(9)11-3-12-8(6)10/h3-4H,2H2,1H3,(H,13,14)/t4-/m1/s1. The van der Waals surface area contributed by atoms with Gasteiger partial charge in [0.2, 0.25) is 0 Å². The van der Waals surface area contributed by atoms with Gasteiger partial charge in [-0.2, -0.15) is 0 Å². The van der Waals surface area contributed by atoms with Crippen molar-refractivity contribution < 1.29 is 9.90 Å². The molecule has 6 heteroatoms. The fourth-order valence-corrected chi connectivity index (χ4v) is 1.81. The van der Waals surface area contributed by atoms with E-state index in [4.69, 9.17) is 28.3 Å². The van der Waals surface area contributed by atoms with Crippen LogP contribution >= 0.6 is 23.2 Å². The number of aromatic nitrogens is 2. The number of carboxylic acid groups (broad SMARTS) is 1. The van der Waals surface area contributed by atoms with Crippen molar-refractivity contribution >= 4 is 29.2 Å². The lowest BCUT2D eigenvalue weighted by molar-refractivity contribution is -0.137. The molecule has 0 saturated carbocycles. The summed E-state index contributed by atoms with van der Waals surface area (Å²) in [5.41, 5.74) is 0.484. The summed E-state index contributed by atoms with van der Waals surface area (Å²) < 4.78 is 0. The van der Waals surface area contributed by atoms with Crippen molar-refractivity contribution in [2.45, 2.75) is 19.3 Å². The smallest absolute Gasteiger partial charge is 0.303 e. The van der Waals surface area contributed by atoms with Crippen molar-refractivity contribution in [1.82, 2.24) is 9.97 Å². The van der Waals surface area contributed by atoms with Crippen LogP contribution in [0.3, 0.4) is 0 Å². The predicted octanol–water partition coefficient (Wildman–Crippen LogP) is 2.36. The Kier molecular flexibility index (Phi) is 3.66. The number of hydrogen-bond acceptors (Lipinski definition) is 3. The third-order valence-corrected chi connectivity index (χ3v) is 2.36. The molecule has 0 spiro atoms. The molecule has 0 aliphatic heterocycles. The van der Waals surface area contributed by atoms with E-state index in [1.165, 1.54) is 6.33 Å². The summed E-state index contributed by atoms with van der Waals surface area (Å²) in [6, 6.07) is 0. The maximum atomic E-state index is 10.5. The summed E-state index contributed by atoms with van der Waals surface area (Å²) in [6.07, 6.45) is 1.19. The van der Waals surface area contributed by atoms with Crippen LogP contribution in [0.25, 0.3) is 0 Å². The average Bonchev–Trinajstić information content (AvgIpc) is 2.01. The highest BCUT2D eigenvalue weighted by molar-refractivity contribution is 6.34. The fourth-order valence-electron chi connectivity index (χ4n) is 1.13. The summed E-state index contributed by atoms with van der Waals surface area (Å²) in [7, 11) is 0. The second kappa shape index (κ2) is 4.57. The van der Waals surface area contributed by atoms with Gasteiger partial charge >= 0.3 is 5.97 Å². The molecule has 1 aromatic heterocycles. The zero-order valence-electron chi connectivity index (χ0n) is 7.37. The average molecular weight is 235 g/mol. The van der Waals surface area contributed by atoms with E-state index in [-0.39, 0.29) is 22.6 Å². The van der Waals surface area contributed by atoms with E-state index in [0.717, 1.165) is 0 Å². The van der Waals surface area contributed by atoms with Crippen molar-refractivity contribution in [2.75, 3.05) is 0 Å². The number of hydrogen-bond donors (Lipinski definition) is 1. The summed E-state index contributed by atoms with van der Waals surface area (Å²) >= 11 is 11.6. The second-order valence-electron chi connectivity index (χ2n) is 2.87. The number of halogens is 2. The molecule has 1 N–H and O–H groups in total. The van der Waals surface area contributed by atoms with Crippen molar-refractivity contribution in [3.8, 4) is 0 Å².